The number of piperazine rings is 1. The Morgan fingerprint density at radius 2 is 1.66 bits per heavy atom. The molecule has 4 aromatic rings. The summed E-state index contributed by atoms with van der Waals surface area (Å²) in [7, 11) is 0. The molecule has 6 nitrogen and oxygen atoms in total. The number of carbonyl (C=O) groups excluding carboxylic acids is 1. The van der Waals surface area contributed by atoms with E-state index in [9.17, 15) is 4.79 Å². The van der Waals surface area contributed by atoms with Crippen LogP contribution in [0.2, 0.25) is 0 Å². The number of fused-ring (bicyclic) bond motifs is 1. The Kier molecular flexibility index (Phi) is 5.81. The Morgan fingerprint density at radius 3 is 2.44 bits per heavy atom. The van der Waals surface area contributed by atoms with E-state index in [4.69, 9.17) is 4.98 Å². The van der Waals surface area contributed by atoms with Crippen molar-refractivity contribution in [1.29, 1.82) is 0 Å². The second-order valence-electron chi connectivity index (χ2n) is 7.89. The molecule has 2 amide bonds. The third-order valence-corrected chi connectivity index (χ3v) is 6.24. The molecule has 1 aliphatic heterocycles. The van der Waals surface area contributed by atoms with Gasteiger partial charge in [0, 0.05) is 36.3 Å². The summed E-state index contributed by atoms with van der Waals surface area (Å²) in [5.74, 6) is 0.960. The zero-order valence-electron chi connectivity index (χ0n) is 17.6. The quantitative estimate of drug-likeness (QED) is 0.428. The van der Waals surface area contributed by atoms with E-state index in [2.05, 4.69) is 73.2 Å². The van der Waals surface area contributed by atoms with Crippen molar-refractivity contribution in [2.45, 2.75) is 6.54 Å². The van der Waals surface area contributed by atoms with Crippen LogP contribution in [0, 0.1) is 0 Å². The van der Waals surface area contributed by atoms with Gasteiger partial charge in [0.1, 0.15) is 0 Å². The molecule has 2 heterocycles. The highest BCUT2D eigenvalue weighted by Crippen LogP contribution is 2.25. The first-order valence-corrected chi connectivity index (χ1v) is 11.5. The van der Waals surface area contributed by atoms with E-state index < -0.39 is 0 Å². The molecular weight excluding hydrogens is 466 g/mol. The first-order chi connectivity index (χ1) is 15.7. The zero-order valence-corrected chi connectivity index (χ0v) is 19.2. The van der Waals surface area contributed by atoms with Crippen LogP contribution in [0.15, 0.2) is 83.3 Å². The summed E-state index contributed by atoms with van der Waals surface area (Å²) in [4.78, 5) is 21.8. The smallest absolute Gasteiger partial charge is 0.321 e. The number of rotatable bonds is 4. The molecule has 0 saturated carbocycles. The van der Waals surface area contributed by atoms with Crippen LogP contribution in [0.25, 0.3) is 11.0 Å². The van der Waals surface area contributed by atoms with Crippen molar-refractivity contribution in [3.8, 4) is 0 Å². The molecule has 0 bridgehead atoms. The molecule has 1 fully saturated rings. The first kappa shape index (κ1) is 20.6. The molecular formula is C25H24BrN5O. The van der Waals surface area contributed by atoms with Crippen molar-refractivity contribution in [3.63, 3.8) is 0 Å². The van der Waals surface area contributed by atoms with Gasteiger partial charge in [-0.05, 0) is 35.9 Å². The Balaban J connectivity index is 1.32. The van der Waals surface area contributed by atoms with Crippen molar-refractivity contribution in [2.75, 3.05) is 36.4 Å². The Bertz CT molecular complexity index is 1230. The van der Waals surface area contributed by atoms with Gasteiger partial charge in [-0.15, -0.1) is 0 Å². The lowest BCUT2D eigenvalue weighted by Crippen LogP contribution is -2.50. The second-order valence-corrected chi connectivity index (χ2v) is 8.80. The molecule has 0 spiro atoms. The first-order valence-electron chi connectivity index (χ1n) is 10.7. The van der Waals surface area contributed by atoms with E-state index >= 15 is 0 Å². The second kappa shape index (κ2) is 9.04. The third kappa shape index (κ3) is 4.34. The Morgan fingerprint density at radius 1 is 0.906 bits per heavy atom. The number of amides is 2. The summed E-state index contributed by atoms with van der Waals surface area (Å²) in [6, 6.07) is 26.3. The fraction of sp³-hybridized carbons (Fsp3) is 0.200. The molecule has 5 rings (SSSR count). The minimum atomic E-state index is -0.0689. The van der Waals surface area contributed by atoms with Gasteiger partial charge in [-0.2, -0.15) is 0 Å². The lowest BCUT2D eigenvalue weighted by molar-refractivity contribution is 0.208. The van der Waals surface area contributed by atoms with Crippen LogP contribution in [-0.2, 0) is 6.54 Å². The number of anilines is 2. The topological polar surface area (TPSA) is 53.4 Å². The minimum Gasteiger partial charge on any atom is -0.339 e. The van der Waals surface area contributed by atoms with Gasteiger partial charge in [-0.3, -0.25) is 0 Å². The Labute approximate surface area is 195 Å². The number of nitrogens with zero attached hydrogens (tertiary/aromatic N) is 4. The molecule has 1 saturated heterocycles. The fourth-order valence-electron chi connectivity index (χ4n) is 4.10. The summed E-state index contributed by atoms with van der Waals surface area (Å²) in [5.41, 5.74) is 4.15. The van der Waals surface area contributed by atoms with Crippen molar-refractivity contribution in [2.24, 2.45) is 0 Å². The maximum Gasteiger partial charge on any atom is 0.321 e. The van der Waals surface area contributed by atoms with E-state index in [1.165, 1.54) is 5.56 Å². The molecule has 1 aliphatic rings. The van der Waals surface area contributed by atoms with E-state index in [0.717, 1.165) is 46.8 Å². The van der Waals surface area contributed by atoms with Gasteiger partial charge in [0.05, 0.1) is 17.6 Å². The number of aromatic nitrogens is 2. The predicted octanol–water partition coefficient (Wildman–Crippen LogP) is 5.20. The van der Waals surface area contributed by atoms with Crippen LogP contribution in [0.3, 0.4) is 0 Å². The van der Waals surface area contributed by atoms with Crippen LogP contribution in [0.1, 0.15) is 5.56 Å². The molecule has 0 aliphatic carbocycles. The third-order valence-electron chi connectivity index (χ3n) is 5.74. The zero-order chi connectivity index (χ0) is 21.9. The fourth-order valence-corrected chi connectivity index (χ4v) is 4.50. The number of hydrogen-bond acceptors (Lipinski definition) is 3. The van der Waals surface area contributed by atoms with Crippen LogP contribution in [0.5, 0.6) is 0 Å². The van der Waals surface area contributed by atoms with Gasteiger partial charge in [-0.1, -0.05) is 64.5 Å². The highest BCUT2D eigenvalue weighted by molar-refractivity contribution is 9.10. The molecule has 3 aromatic carbocycles. The van der Waals surface area contributed by atoms with Crippen LogP contribution >= 0.6 is 15.9 Å². The van der Waals surface area contributed by atoms with E-state index in [1.807, 2.05) is 41.3 Å². The largest absolute Gasteiger partial charge is 0.339 e. The molecule has 32 heavy (non-hydrogen) atoms. The number of urea groups is 1. The van der Waals surface area contributed by atoms with Crippen LogP contribution in [-0.4, -0.2) is 46.7 Å². The predicted molar refractivity (Wildman–Crippen MR) is 132 cm³/mol. The SMILES string of the molecule is O=C(Nc1cccc(Br)c1)N1CCN(c2nc3ccccc3n2Cc2ccccc2)CC1. The van der Waals surface area contributed by atoms with E-state index in [-0.39, 0.29) is 6.03 Å². The number of benzene rings is 3. The van der Waals surface area contributed by atoms with Crippen LogP contribution < -0.4 is 10.2 Å². The van der Waals surface area contributed by atoms with Gasteiger partial charge in [0.25, 0.3) is 0 Å². The van der Waals surface area contributed by atoms with Gasteiger partial charge in [0.2, 0.25) is 5.95 Å². The number of hydrogen-bond donors (Lipinski definition) is 1. The summed E-state index contributed by atoms with van der Waals surface area (Å²) in [6.07, 6.45) is 0. The normalized spacial score (nSPS) is 14.0. The maximum atomic E-state index is 12.7. The van der Waals surface area contributed by atoms with Gasteiger partial charge in [-0.25, -0.2) is 9.78 Å². The molecule has 7 heteroatoms. The number of carbonyl (C=O) groups is 1. The maximum absolute atomic E-state index is 12.7. The monoisotopic (exact) mass is 489 g/mol. The molecule has 1 aromatic heterocycles. The lowest BCUT2D eigenvalue weighted by atomic mass is 10.2. The van der Waals surface area contributed by atoms with Crippen molar-refractivity contribution >= 4 is 44.6 Å². The lowest BCUT2D eigenvalue weighted by Gasteiger charge is -2.35. The summed E-state index contributed by atoms with van der Waals surface area (Å²) < 4.78 is 3.22. The van der Waals surface area contributed by atoms with Crippen molar-refractivity contribution < 1.29 is 4.79 Å². The van der Waals surface area contributed by atoms with E-state index in [0.29, 0.717) is 13.1 Å². The highest BCUT2D eigenvalue weighted by atomic mass is 79.9. The number of nitrogens with one attached hydrogen (secondary N) is 1. The summed E-state index contributed by atoms with van der Waals surface area (Å²) >= 11 is 3.45. The Hall–Kier alpha value is -3.32. The molecule has 1 N–H and O–H groups in total. The number of para-hydroxylation sites is 2. The van der Waals surface area contributed by atoms with Gasteiger partial charge in [0.15, 0.2) is 0 Å². The molecule has 0 unspecified atom stereocenters. The van der Waals surface area contributed by atoms with Crippen LogP contribution in [0.4, 0.5) is 16.4 Å². The summed E-state index contributed by atoms with van der Waals surface area (Å²) in [5, 5.41) is 2.99. The number of halogens is 1. The number of imidazole rings is 1. The molecule has 0 radical (unpaired) electrons. The van der Waals surface area contributed by atoms with E-state index in [1.54, 1.807) is 0 Å². The van der Waals surface area contributed by atoms with Gasteiger partial charge < -0.3 is 19.7 Å². The summed E-state index contributed by atoms with van der Waals surface area (Å²) in [6.45, 7) is 3.54. The molecule has 162 valence electrons. The highest BCUT2D eigenvalue weighted by Gasteiger charge is 2.25. The average Bonchev–Trinajstić information content (AvgIpc) is 3.18. The minimum absolute atomic E-state index is 0.0689. The average molecular weight is 490 g/mol. The standard InChI is InChI=1S/C25H24BrN5O/c26-20-9-6-10-21(17-20)27-25(32)30-15-13-29(14-16-30)24-28-22-11-4-5-12-23(22)31(24)18-19-7-2-1-3-8-19/h1-12,17H,13-16,18H2,(H,27,32). The molecule has 0 atom stereocenters. The van der Waals surface area contributed by atoms with Gasteiger partial charge >= 0.3 is 6.03 Å². The van der Waals surface area contributed by atoms with Crippen molar-refractivity contribution in [3.05, 3.63) is 88.9 Å². The van der Waals surface area contributed by atoms with Crippen molar-refractivity contribution in [1.82, 2.24) is 14.5 Å².